The standard InChI is InChI=1S/C18H23NO2/c1-11-7-14(21)10-18-5-6-19(2)16(17(11)18)8-12-3-4-13(20)9-15(12)18/h3-4,9,11,16-17,20H,5-8,10H2,1-2H3/t11-,16?,17-,18?/m0/s1. The molecule has 3 nitrogen and oxygen atoms in total. The van der Waals surface area contributed by atoms with Gasteiger partial charge in [-0.2, -0.15) is 0 Å². The number of ketones is 1. The summed E-state index contributed by atoms with van der Waals surface area (Å²) in [7, 11) is 2.23. The summed E-state index contributed by atoms with van der Waals surface area (Å²) in [5, 5.41) is 9.96. The second-order valence-corrected chi connectivity index (χ2v) is 7.42. The van der Waals surface area contributed by atoms with Crippen LogP contribution < -0.4 is 0 Å². The first-order valence-electron chi connectivity index (χ1n) is 8.05. The summed E-state index contributed by atoms with van der Waals surface area (Å²) in [5.41, 5.74) is 2.57. The number of piperidine rings is 1. The highest BCUT2D eigenvalue weighted by Gasteiger charge is 2.57. The number of benzene rings is 1. The van der Waals surface area contributed by atoms with Crippen molar-refractivity contribution in [2.24, 2.45) is 11.8 Å². The molecular formula is C18H23NO2. The first-order valence-corrected chi connectivity index (χ1v) is 8.05. The minimum absolute atomic E-state index is 0.0295. The monoisotopic (exact) mass is 285 g/mol. The number of hydrogen-bond donors (Lipinski definition) is 1. The summed E-state index contributed by atoms with van der Waals surface area (Å²) >= 11 is 0. The number of likely N-dealkylation sites (N-methyl/N-ethyl adjacent to an activating group) is 1. The minimum atomic E-state index is -0.0295. The predicted octanol–water partition coefficient (Wildman–Crippen LogP) is 2.51. The van der Waals surface area contributed by atoms with E-state index in [0.717, 1.165) is 25.8 Å². The van der Waals surface area contributed by atoms with Crippen molar-refractivity contribution in [3.63, 3.8) is 0 Å². The molecule has 0 radical (unpaired) electrons. The lowest BCUT2D eigenvalue weighted by molar-refractivity contribution is -0.130. The van der Waals surface area contributed by atoms with Crippen LogP contribution in [-0.2, 0) is 16.6 Å². The molecule has 21 heavy (non-hydrogen) atoms. The molecule has 1 heterocycles. The molecule has 1 saturated carbocycles. The number of phenolic OH excluding ortho intramolecular Hbond substituents is 1. The lowest BCUT2D eigenvalue weighted by Crippen LogP contribution is -2.63. The largest absolute Gasteiger partial charge is 0.508 e. The van der Waals surface area contributed by atoms with Crippen LogP contribution in [0.25, 0.3) is 0 Å². The molecule has 1 N–H and O–H groups in total. The molecule has 4 rings (SSSR count). The highest BCUT2D eigenvalue weighted by molar-refractivity contribution is 5.82. The second kappa shape index (κ2) is 4.33. The van der Waals surface area contributed by atoms with Gasteiger partial charge in [0.05, 0.1) is 0 Å². The van der Waals surface area contributed by atoms with Crippen LogP contribution in [0.5, 0.6) is 5.75 Å². The van der Waals surface area contributed by atoms with Crippen LogP contribution in [0.1, 0.15) is 37.3 Å². The number of carbonyl (C=O) groups excluding carboxylic acids is 1. The molecule has 0 aromatic heterocycles. The molecular weight excluding hydrogens is 262 g/mol. The zero-order valence-electron chi connectivity index (χ0n) is 12.8. The van der Waals surface area contributed by atoms with E-state index in [-0.39, 0.29) is 5.41 Å². The number of fused-ring (bicyclic) bond motifs is 1. The summed E-state index contributed by atoms with van der Waals surface area (Å²) in [6.07, 6.45) is 3.49. The highest BCUT2D eigenvalue weighted by Crippen LogP contribution is 2.56. The molecule has 1 aromatic carbocycles. The third-order valence-electron chi connectivity index (χ3n) is 6.26. The zero-order chi connectivity index (χ0) is 14.8. The Morgan fingerprint density at radius 3 is 2.95 bits per heavy atom. The summed E-state index contributed by atoms with van der Waals surface area (Å²) in [4.78, 5) is 14.8. The van der Waals surface area contributed by atoms with E-state index in [2.05, 4.69) is 24.9 Å². The van der Waals surface area contributed by atoms with Gasteiger partial charge in [-0.05, 0) is 61.5 Å². The van der Waals surface area contributed by atoms with Crippen LogP contribution in [0.15, 0.2) is 18.2 Å². The number of phenols is 1. The SMILES string of the molecule is C[C@H]1CC(=O)CC23CCN(C)C(Cc4ccc(O)cc42)[C@H]13. The van der Waals surface area contributed by atoms with Crippen molar-refractivity contribution in [2.45, 2.75) is 44.1 Å². The van der Waals surface area contributed by atoms with Crippen molar-refractivity contribution in [3.8, 4) is 5.75 Å². The number of carbonyl (C=O) groups is 1. The van der Waals surface area contributed by atoms with Crippen molar-refractivity contribution in [1.82, 2.24) is 4.90 Å². The van der Waals surface area contributed by atoms with E-state index in [1.807, 2.05) is 6.07 Å². The van der Waals surface area contributed by atoms with Gasteiger partial charge in [0.1, 0.15) is 11.5 Å². The van der Waals surface area contributed by atoms with E-state index in [0.29, 0.717) is 35.8 Å². The number of Topliss-reactive ketones (excluding diaryl/α,β-unsaturated/α-hetero) is 1. The Hall–Kier alpha value is -1.35. The number of rotatable bonds is 0. The van der Waals surface area contributed by atoms with Crippen molar-refractivity contribution < 1.29 is 9.90 Å². The normalized spacial score (nSPS) is 38.8. The van der Waals surface area contributed by atoms with Gasteiger partial charge in [0.25, 0.3) is 0 Å². The van der Waals surface area contributed by atoms with Gasteiger partial charge >= 0.3 is 0 Å². The van der Waals surface area contributed by atoms with E-state index in [1.165, 1.54) is 11.1 Å². The average molecular weight is 285 g/mol. The van der Waals surface area contributed by atoms with Crippen LogP contribution in [0.2, 0.25) is 0 Å². The van der Waals surface area contributed by atoms with Gasteiger partial charge in [0.2, 0.25) is 0 Å². The van der Waals surface area contributed by atoms with Gasteiger partial charge in [-0.25, -0.2) is 0 Å². The van der Waals surface area contributed by atoms with E-state index in [9.17, 15) is 9.90 Å². The van der Waals surface area contributed by atoms with E-state index in [4.69, 9.17) is 0 Å². The Bertz CT molecular complexity index is 611. The molecule has 2 aliphatic carbocycles. The molecule has 2 fully saturated rings. The molecule has 1 aromatic rings. The molecule has 0 amide bonds. The Morgan fingerprint density at radius 2 is 2.14 bits per heavy atom. The van der Waals surface area contributed by atoms with E-state index in [1.54, 1.807) is 6.07 Å². The first kappa shape index (κ1) is 13.3. The maximum Gasteiger partial charge on any atom is 0.134 e. The fraction of sp³-hybridized carbons (Fsp3) is 0.611. The molecule has 0 spiro atoms. The quantitative estimate of drug-likeness (QED) is 0.796. The van der Waals surface area contributed by atoms with Gasteiger partial charge in [-0.3, -0.25) is 4.79 Å². The number of aromatic hydroxyl groups is 1. The zero-order valence-corrected chi connectivity index (χ0v) is 12.8. The predicted molar refractivity (Wildman–Crippen MR) is 81.4 cm³/mol. The summed E-state index contributed by atoms with van der Waals surface area (Å²) in [6.45, 7) is 3.30. The maximum absolute atomic E-state index is 12.3. The summed E-state index contributed by atoms with van der Waals surface area (Å²) in [6, 6.07) is 6.34. The molecule has 3 heteroatoms. The fourth-order valence-electron chi connectivity index (χ4n) is 5.51. The first-order chi connectivity index (χ1) is 10.0. The maximum atomic E-state index is 12.3. The third kappa shape index (κ3) is 1.73. The smallest absolute Gasteiger partial charge is 0.134 e. The number of nitrogens with zero attached hydrogens (tertiary/aromatic N) is 1. The van der Waals surface area contributed by atoms with Crippen LogP contribution in [0.3, 0.4) is 0 Å². The van der Waals surface area contributed by atoms with Crippen molar-refractivity contribution in [2.75, 3.05) is 13.6 Å². The number of hydrogen-bond acceptors (Lipinski definition) is 3. The van der Waals surface area contributed by atoms with Gasteiger partial charge in [-0.1, -0.05) is 13.0 Å². The molecule has 4 atom stereocenters. The lowest BCUT2D eigenvalue weighted by Gasteiger charge is -2.60. The van der Waals surface area contributed by atoms with Gasteiger partial charge in [0, 0.05) is 24.3 Å². The van der Waals surface area contributed by atoms with Gasteiger partial charge < -0.3 is 10.0 Å². The van der Waals surface area contributed by atoms with Crippen LogP contribution in [0.4, 0.5) is 0 Å². The average Bonchev–Trinajstić information content (AvgIpc) is 2.43. The van der Waals surface area contributed by atoms with Crippen molar-refractivity contribution in [3.05, 3.63) is 29.3 Å². The Balaban J connectivity index is 1.94. The summed E-state index contributed by atoms with van der Waals surface area (Å²) in [5.74, 6) is 1.72. The summed E-state index contributed by atoms with van der Waals surface area (Å²) < 4.78 is 0. The highest BCUT2D eigenvalue weighted by atomic mass is 16.3. The molecule has 2 bridgehead atoms. The van der Waals surface area contributed by atoms with Crippen molar-refractivity contribution >= 4 is 5.78 Å². The van der Waals surface area contributed by atoms with Crippen molar-refractivity contribution in [1.29, 1.82) is 0 Å². The van der Waals surface area contributed by atoms with Crippen LogP contribution in [0, 0.1) is 11.8 Å². The Kier molecular flexibility index (Phi) is 2.74. The molecule has 1 aliphatic heterocycles. The van der Waals surface area contributed by atoms with Gasteiger partial charge in [0.15, 0.2) is 0 Å². The molecule has 3 aliphatic rings. The molecule has 2 unspecified atom stereocenters. The fourth-order valence-corrected chi connectivity index (χ4v) is 5.51. The van der Waals surface area contributed by atoms with E-state index >= 15 is 0 Å². The third-order valence-corrected chi connectivity index (χ3v) is 6.26. The second-order valence-electron chi connectivity index (χ2n) is 7.42. The molecule has 112 valence electrons. The Morgan fingerprint density at radius 1 is 1.33 bits per heavy atom. The Labute approximate surface area is 126 Å². The minimum Gasteiger partial charge on any atom is -0.508 e. The number of likely N-dealkylation sites (tertiary alicyclic amines) is 1. The van der Waals surface area contributed by atoms with Crippen LogP contribution in [-0.4, -0.2) is 35.4 Å². The van der Waals surface area contributed by atoms with E-state index < -0.39 is 0 Å². The molecule has 1 saturated heterocycles. The lowest BCUT2D eigenvalue weighted by atomic mass is 9.49. The van der Waals surface area contributed by atoms with Crippen LogP contribution >= 0.6 is 0 Å². The van der Waals surface area contributed by atoms with Gasteiger partial charge in [-0.15, -0.1) is 0 Å². The topological polar surface area (TPSA) is 40.5 Å².